The molecule has 1 aliphatic carbocycles. The molecule has 0 heterocycles. The number of rotatable bonds is 3. The largest absolute Gasteiger partial charge is 0.378 e. The zero-order valence-electron chi connectivity index (χ0n) is 17.7. The second-order valence-corrected chi connectivity index (χ2v) is 10.0. The quantitative estimate of drug-likeness (QED) is 0.590. The maximum atomic E-state index is 6.09. The third-order valence-electron chi connectivity index (χ3n) is 5.44. The van der Waals surface area contributed by atoms with Crippen LogP contribution in [-0.2, 0) is 15.6 Å². The van der Waals surface area contributed by atoms with Gasteiger partial charge in [0.15, 0.2) is 0 Å². The van der Waals surface area contributed by atoms with E-state index in [1.807, 2.05) is 0 Å². The molecule has 140 valence electrons. The van der Waals surface area contributed by atoms with Crippen LogP contribution < -0.4 is 0 Å². The molecule has 1 heteroatoms. The van der Waals surface area contributed by atoms with Gasteiger partial charge in [0.25, 0.3) is 0 Å². The average molecular weight is 351 g/mol. The Labute approximate surface area is 159 Å². The predicted molar refractivity (Wildman–Crippen MR) is 112 cm³/mol. The van der Waals surface area contributed by atoms with Crippen LogP contribution in [0.1, 0.15) is 83.6 Å². The van der Waals surface area contributed by atoms with Crippen molar-refractivity contribution in [2.24, 2.45) is 0 Å². The highest BCUT2D eigenvalue weighted by atomic mass is 16.5. The van der Waals surface area contributed by atoms with Crippen molar-refractivity contribution >= 4 is 0 Å². The maximum absolute atomic E-state index is 6.09. The lowest BCUT2D eigenvalue weighted by atomic mass is 9.81. The summed E-state index contributed by atoms with van der Waals surface area (Å²) in [6, 6.07) is 13.9. The van der Waals surface area contributed by atoms with E-state index < -0.39 is 0 Å². The first-order chi connectivity index (χ1) is 12.0. The number of ether oxygens (including phenoxy) is 1. The minimum Gasteiger partial charge on any atom is -0.378 e. The maximum Gasteiger partial charge on any atom is 0.0579 e. The van der Waals surface area contributed by atoms with Crippen molar-refractivity contribution in [2.75, 3.05) is 6.61 Å². The highest BCUT2D eigenvalue weighted by molar-refractivity contribution is 5.82. The minimum absolute atomic E-state index is 0.124. The summed E-state index contributed by atoms with van der Waals surface area (Å²) in [6.45, 7) is 18.8. The van der Waals surface area contributed by atoms with E-state index >= 15 is 0 Å². The van der Waals surface area contributed by atoms with Crippen LogP contribution in [0.4, 0.5) is 0 Å². The Bertz CT molecular complexity index is 800. The van der Waals surface area contributed by atoms with Crippen LogP contribution in [0.25, 0.3) is 11.1 Å². The van der Waals surface area contributed by atoms with Crippen molar-refractivity contribution in [1.29, 1.82) is 0 Å². The van der Waals surface area contributed by atoms with Crippen molar-refractivity contribution in [3.8, 4) is 11.1 Å². The first kappa shape index (κ1) is 19.2. The van der Waals surface area contributed by atoms with E-state index in [1.165, 1.54) is 33.4 Å². The molecule has 1 unspecified atom stereocenters. The summed E-state index contributed by atoms with van der Waals surface area (Å²) in [5.41, 5.74) is 8.81. The normalized spacial score (nSPS) is 16.7. The van der Waals surface area contributed by atoms with Gasteiger partial charge in [0, 0.05) is 5.92 Å². The smallest absolute Gasteiger partial charge is 0.0579 e. The van der Waals surface area contributed by atoms with E-state index in [9.17, 15) is 0 Å². The van der Waals surface area contributed by atoms with Crippen LogP contribution in [-0.4, -0.2) is 12.7 Å². The summed E-state index contributed by atoms with van der Waals surface area (Å²) in [7, 11) is 0. The third kappa shape index (κ3) is 3.47. The Morgan fingerprint density at radius 2 is 1.58 bits per heavy atom. The van der Waals surface area contributed by atoms with Crippen molar-refractivity contribution in [3.63, 3.8) is 0 Å². The molecule has 2 aromatic carbocycles. The van der Waals surface area contributed by atoms with E-state index in [2.05, 4.69) is 91.8 Å². The van der Waals surface area contributed by atoms with Gasteiger partial charge >= 0.3 is 0 Å². The second kappa shape index (κ2) is 6.53. The molecule has 0 aliphatic heterocycles. The Morgan fingerprint density at radius 1 is 0.885 bits per heavy atom. The van der Waals surface area contributed by atoms with E-state index in [-0.39, 0.29) is 16.9 Å². The SMILES string of the molecule is CC(C)OCC1c2cc(C(C)(C)C)ccc2-c2c1cccc2C(C)(C)C. The fourth-order valence-corrected chi connectivity index (χ4v) is 3.97. The molecule has 0 saturated heterocycles. The molecule has 0 radical (unpaired) electrons. The van der Waals surface area contributed by atoms with Crippen LogP contribution in [0.5, 0.6) is 0 Å². The van der Waals surface area contributed by atoms with Crippen molar-refractivity contribution in [1.82, 2.24) is 0 Å². The number of hydrogen-bond donors (Lipinski definition) is 0. The van der Waals surface area contributed by atoms with Gasteiger partial charge in [0.1, 0.15) is 0 Å². The highest BCUT2D eigenvalue weighted by Gasteiger charge is 2.34. The van der Waals surface area contributed by atoms with Crippen LogP contribution >= 0.6 is 0 Å². The topological polar surface area (TPSA) is 9.23 Å². The van der Waals surface area contributed by atoms with Crippen LogP contribution in [0.3, 0.4) is 0 Å². The molecule has 0 aromatic heterocycles. The number of hydrogen-bond acceptors (Lipinski definition) is 1. The first-order valence-electron chi connectivity index (χ1n) is 9.90. The summed E-state index contributed by atoms with van der Waals surface area (Å²) in [4.78, 5) is 0. The van der Waals surface area contributed by atoms with Crippen LogP contribution in [0.15, 0.2) is 36.4 Å². The molecule has 0 bridgehead atoms. The molecule has 1 aliphatic rings. The highest BCUT2D eigenvalue weighted by Crippen LogP contribution is 2.50. The average Bonchev–Trinajstić information content (AvgIpc) is 2.84. The molecule has 2 aromatic rings. The molecule has 0 fully saturated rings. The van der Waals surface area contributed by atoms with Crippen molar-refractivity contribution in [3.05, 3.63) is 58.7 Å². The van der Waals surface area contributed by atoms with Gasteiger partial charge in [-0.25, -0.2) is 0 Å². The Balaban J connectivity index is 2.21. The lowest BCUT2D eigenvalue weighted by Gasteiger charge is -2.24. The van der Waals surface area contributed by atoms with Gasteiger partial charge in [-0.2, -0.15) is 0 Å². The lowest BCUT2D eigenvalue weighted by molar-refractivity contribution is 0.0739. The lowest BCUT2D eigenvalue weighted by Crippen LogP contribution is -2.15. The van der Waals surface area contributed by atoms with Crippen LogP contribution in [0, 0.1) is 0 Å². The second-order valence-electron chi connectivity index (χ2n) is 10.0. The van der Waals surface area contributed by atoms with Gasteiger partial charge < -0.3 is 4.74 Å². The summed E-state index contributed by atoms with van der Waals surface area (Å²) >= 11 is 0. The standard InChI is InChI=1S/C25H34O/c1-16(2)26-15-21-18-10-9-11-22(25(6,7)8)23(18)19-13-12-17(14-20(19)21)24(3,4)5/h9-14,16,21H,15H2,1-8H3. The van der Waals surface area contributed by atoms with E-state index in [4.69, 9.17) is 4.74 Å². The summed E-state index contributed by atoms with van der Waals surface area (Å²) < 4.78 is 6.09. The third-order valence-corrected chi connectivity index (χ3v) is 5.44. The van der Waals surface area contributed by atoms with Crippen molar-refractivity contribution in [2.45, 2.75) is 78.2 Å². The molecule has 3 rings (SSSR count). The molecule has 0 amide bonds. The molecule has 1 atom stereocenters. The first-order valence-corrected chi connectivity index (χ1v) is 9.90. The Morgan fingerprint density at radius 3 is 2.15 bits per heavy atom. The molecule has 26 heavy (non-hydrogen) atoms. The molecular weight excluding hydrogens is 316 g/mol. The fourth-order valence-electron chi connectivity index (χ4n) is 3.97. The van der Waals surface area contributed by atoms with Crippen molar-refractivity contribution < 1.29 is 4.74 Å². The van der Waals surface area contributed by atoms with Crippen LogP contribution in [0.2, 0.25) is 0 Å². The Hall–Kier alpha value is -1.60. The number of fused-ring (bicyclic) bond motifs is 3. The van der Waals surface area contributed by atoms with Gasteiger partial charge in [-0.05, 0) is 58.1 Å². The monoisotopic (exact) mass is 350 g/mol. The minimum atomic E-state index is 0.124. The Kier molecular flexibility index (Phi) is 4.82. The van der Waals surface area contributed by atoms with E-state index in [0.29, 0.717) is 5.92 Å². The van der Waals surface area contributed by atoms with Gasteiger partial charge in [-0.3, -0.25) is 0 Å². The molecule has 0 spiro atoms. The summed E-state index contributed by atoms with van der Waals surface area (Å²) in [5, 5.41) is 0. The molecule has 1 nitrogen and oxygen atoms in total. The predicted octanol–water partition coefficient (Wildman–Crippen LogP) is 6.82. The van der Waals surface area contributed by atoms with Gasteiger partial charge in [-0.1, -0.05) is 77.9 Å². The molecular formula is C25H34O. The van der Waals surface area contributed by atoms with E-state index in [0.717, 1.165) is 6.61 Å². The molecule has 0 saturated carbocycles. The zero-order valence-corrected chi connectivity index (χ0v) is 17.7. The fraction of sp³-hybridized carbons (Fsp3) is 0.520. The zero-order chi connectivity index (χ0) is 19.3. The summed E-state index contributed by atoms with van der Waals surface area (Å²) in [5.74, 6) is 0.326. The van der Waals surface area contributed by atoms with Gasteiger partial charge in [-0.15, -0.1) is 0 Å². The van der Waals surface area contributed by atoms with Gasteiger partial charge in [0.2, 0.25) is 0 Å². The number of benzene rings is 2. The van der Waals surface area contributed by atoms with Gasteiger partial charge in [0.05, 0.1) is 12.7 Å². The van der Waals surface area contributed by atoms with E-state index in [1.54, 1.807) is 0 Å². The molecule has 0 N–H and O–H groups in total. The summed E-state index contributed by atoms with van der Waals surface area (Å²) in [6.07, 6.45) is 0.249.